The normalized spacial score (nSPS) is 12.0. The molecule has 20 heavy (non-hydrogen) atoms. The first-order valence-electron chi connectivity index (χ1n) is 6.57. The van der Waals surface area contributed by atoms with Crippen molar-refractivity contribution in [2.45, 2.75) is 13.8 Å². The van der Waals surface area contributed by atoms with E-state index < -0.39 is 0 Å². The van der Waals surface area contributed by atoms with E-state index in [-0.39, 0.29) is 0 Å². The van der Waals surface area contributed by atoms with Gasteiger partial charge in [-0.2, -0.15) is 0 Å². The molecule has 3 heteroatoms. The molecule has 0 aliphatic rings. The number of nitrogens with zero attached hydrogens (tertiary/aromatic N) is 1. The molecule has 3 aromatic rings. The number of aryl methyl sites for hydroxylation is 1. The quantitative estimate of drug-likeness (QED) is 0.403. The molecule has 1 heterocycles. The Balaban J connectivity index is 2.14. The highest BCUT2D eigenvalue weighted by Gasteiger charge is 2.07. The van der Waals surface area contributed by atoms with Gasteiger partial charge in [0.15, 0.2) is 0 Å². The van der Waals surface area contributed by atoms with Crippen molar-refractivity contribution in [3.63, 3.8) is 0 Å². The molecule has 3 rings (SSSR count). The van der Waals surface area contributed by atoms with Crippen molar-refractivity contribution in [2.75, 3.05) is 0 Å². The summed E-state index contributed by atoms with van der Waals surface area (Å²) in [6, 6.07) is 16.5. The molecule has 0 saturated heterocycles. The SMILES string of the molecule is C/C(=N\O)c1ccc2cc(-c3ccccc3C)[nH]c2c1. The van der Waals surface area contributed by atoms with Gasteiger partial charge in [-0.15, -0.1) is 0 Å². The number of aromatic amines is 1. The number of rotatable bonds is 2. The third-order valence-electron chi connectivity index (χ3n) is 3.63. The molecule has 100 valence electrons. The number of benzene rings is 2. The van der Waals surface area contributed by atoms with E-state index in [0.29, 0.717) is 5.71 Å². The van der Waals surface area contributed by atoms with Crippen LogP contribution in [0.3, 0.4) is 0 Å². The number of nitrogens with one attached hydrogen (secondary N) is 1. The van der Waals surface area contributed by atoms with Crippen LogP contribution in [0.1, 0.15) is 18.1 Å². The van der Waals surface area contributed by atoms with E-state index in [1.165, 1.54) is 11.1 Å². The predicted octanol–water partition coefficient (Wildman–Crippen LogP) is 4.34. The summed E-state index contributed by atoms with van der Waals surface area (Å²) in [4.78, 5) is 3.44. The summed E-state index contributed by atoms with van der Waals surface area (Å²) in [6.45, 7) is 3.89. The Morgan fingerprint density at radius 2 is 1.90 bits per heavy atom. The molecule has 3 nitrogen and oxygen atoms in total. The van der Waals surface area contributed by atoms with E-state index in [9.17, 15) is 0 Å². The summed E-state index contributed by atoms with van der Waals surface area (Å²) in [5.74, 6) is 0. The van der Waals surface area contributed by atoms with Crippen molar-refractivity contribution in [3.05, 3.63) is 59.7 Å². The Kier molecular flexibility index (Phi) is 3.03. The number of hydrogen-bond acceptors (Lipinski definition) is 2. The van der Waals surface area contributed by atoms with Gasteiger partial charge in [-0.05, 0) is 31.5 Å². The minimum Gasteiger partial charge on any atom is -0.411 e. The van der Waals surface area contributed by atoms with Gasteiger partial charge in [0.2, 0.25) is 0 Å². The number of H-pyrrole nitrogens is 1. The van der Waals surface area contributed by atoms with Gasteiger partial charge in [0.05, 0.1) is 5.71 Å². The van der Waals surface area contributed by atoms with E-state index in [2.05, 4.69) is 35.3 Å². The smallest absolute Gasteiger partial charge is 0.0837 e. The molecule has 2 N–H and O–H groups in total. The molecule has 0 bridgehead atoms. The van der Waals surface area contributed by atoms with Gasteiger partial charge in [-0.25, -0.2) is 0 Å². The summed E-state index contributed by atoms with van der Waals surface area (Å²) in [7, 11) is 0. The summed E-state index contributed by atoms with van der Waals surface area (Å²) in [5.41, 5.74) is 6.12. The van der Waals surface area contributed by atoms with Crippen LogP contribution < -0.4 is 0 Å². The highest BCUT2D eigenvalue weighted by atomic mass is 16.4. The first-order chi connectivity index (χ1) is 9.69. The molecule has 0 radical (unpaired) electrons. The maximum absolute atomic E-state index is 8.86. The van der Waals surface area contributed by atoms with Crippen molar-refractivity contribution < 1.29 is 5.21 Å². The Hall–Kier alpha value is -2.55. The highest BCUT2D eigenvalue weighted by Crippen LogP contribution is 2.27. The molecule has 2 aromatic carbocycles. The average Bonchev–Trinajstić information content (AvgIpc) is 2.89. The van der Waals surface area contributed by atoms with E-state index in [0.717, 1.165) is 22.2 Å². The summed E-state index contributed by atoms with van der Waals surface area (Å²) < 4.78 is 0. The Labute approximate surface area is 117 Å². The zero-order valence-corrected chi connectivity index (χ0v) is 11.5. The Morgan fingerprint density at radius 1 is 1.10 bits per heavy atom. The van der Waals surface area contributed by atoms with E-state index in [1.807, 2.05) is 30.3 Å². The van der Waals surface area contributed by atoms with E-state index in [1.54, 1.807) is 6.92 Å². The maximum Gasteiger partial charge on any atom is 0.0837 e. The van der Waals surface area contributed by atoms with Crippen LogP contribution in [0.2, 0.25) is 0 Å². The zero-order chi connectivity index (χ0) is 14.1. The lowest BCUT2D eigenvalue weighted by Gasteiger charge is -2.01. The number of hydrogen-bond donors (Lipinski definition) is 2. The number of aromatic nitrogens is 1. The lowest BCUT2D eigenvalue weighted by Crippen LogP contribution is -1.93. The third-order valence-corrected chi connectivity index (χ3v) is 3.63. The van der Waals surface area contributed by atoms with Gasteiger partial charge in [0.25, 0.3) is 0 Å². The fraction of sp³-hybridized carbons (Fsp3) is 0.118. The molecule has 1 aromatic heterocycles. The molecule has 0 aliphatic heterocycles. The van der Waals surface area contributed by atoms with Crippen molar-refractivity contribution in [1.82, 2.24) is 4.98 Å². The zero-order valence-electron chi connectivity index (χ0n) is 11.5. The highest BCUT2D eigenvalue weighted by molar-refractivity contribution is 6.01. The van der Waals surface area contributed by atoms with Crippen molar-refractivity contribution in [1.29, 1.82) is 0 Å². The topological polar surface area (TPSA) is 48.4 Å². The summed E-state index contributed by atoms with van der Waals surface area (Å²) >= 11 is 0. The van der Waals surface area contributed by atoms with Crippen LogP contribution in [0.5, 0.6) is 0 Å². The molecular weight excluding hydrogens is 248 g/mol. The largest absolute Gasteiger partial charge is 0.411 e. The second-order valence-electron chi connectivity index (χ2n) is 4.99. The summed E-state index contributed by atoms with van der Waals surface area (Å²) in [6.07, 6.45) is 0. The van der Waals surface area contributed by atoms with Crippen LogP contribution in [0.15, 0.2) is 53.7 Å². The lowest BCUT2D eigenvalue weighted by molar-refractivity contribution is 0.319. The molecule has 0 fully saturated rings. The maximum atomic E-state index is 8.86. The fourth-order valence-electron chi connectivity index (χ4n) is 2.43. The fourth-order valence-corrected chi connectivity index (χ4v) is 2.43. The molecular formula is C17H16N2O. The lowest BCUT2D eigenvalue weighted by atomic mass is 10.1. The molecule has 0 atom stereocenters. The first-order valence-corrected chi connectivity index (χ1v) is 6.57. The van der Waals surface area contributed by atoms with Gasteiger partial charge in [-0.3, -0.25) is 0 Å². The number of oxime groups is 1. The van der Waals surface area contributed by atoms with Gasteiger partial charge in [-0.1, -0.05) is 41.6 Å². The van der Waals surface area contributed by atoms with E-state index >= 15 is 0 Å². The minimum atomic E-state index is 0.610. The van der Waals surface area contributed by atoms with Gasteiger partial charge in [0.1, 0.15) is 0 Å². The minimum absolute atomic E-state index is 0.610. The van der Waals surface area contributed by atoms with Gasteiger partial charge in [0, 0.05) is 27.7 Å². The van der Waals surface area contributed by atoms with Crippen LogP contribution in [0.25, 0.3) is 22.2 Å². The molecule has 0 amide bonds. The van der Waals surface area contributed by atoms with Crippen molar-refractivity contribution >= 4 is 16.6 Å². The average molecular weight is 264 g/mol. The van der Waals surface area contributed by atoms with Crippen LogP contribution in [-0.2, 0) is 0 Å². The standard InChI is InChI=1S/C17H16N2O/c1-11-5-3-4-6-15(11)17-10-14-8-7-13(12(2)19-20)9-16(14)18-17/h3-10,18,20H,1-2H3/b19-12+. The molecule has 0 spiro atoms. The second kappa shape index (κ2) is 4.85. The number of fused-ring (bicyclic) bond motifs is 1. The third kappa shape index (κ3) is 2.07. The molecule has 0 saturated carbocycles. The second-order valence-corrected chi connectivity index (χ2v) is 4.99. The van der Waals surface area contributed by atoms with Crippen LogP contribution >= 0.6 is 0 Å². The summed E-state index contributed by atoms with van der Waals surface area (Å²) in [5, 5.41) is 13.3. The predicted molar refractivity (Wildman–Crippen MR) is 82.5 cm³/mol. The van der Waals surface area contributed by atoms with Crippen LogP contribution in [-0.4, -0.2) is 15.9 Å². The van der Waals surface area contributed by atoms with E-state index in [4.69, 9.17) is 5.21 Å². The van der Waals surface area contributed by atoms with Crippen LogP contribution in [0, 0.1) is 6.92 Å². The van der Waals surface area contributed by atoms with Crippen molar-refractivity contribution in [2.24, 2.45) is 5.16 Å². The Morgan fingerprint density at radius 3 is 2.65 bits per heavy atom. The van der Waals surface area contributed by atoms with Crippen molar-refractivity contribution in [3.8, 4) is 11.3 Å². The first kappa shape index (κ1) is 12.5. The molecule has 0 aliphatic carbocycles. The van der Waals surface area contributed by atoms with Gasteiger partial charge >= 0.3 is 0 Å². The monoisotopic (exact) mass is 264 g/mol. The molecule has 0 unspecified atom stereocenters. The van der Waals surface area contributed by atoms with Gasteiger partial charge < -0.3 is 10.2 Å². The van der Waals surface area contributed by atoms with Crippen LogP contribution in [0.4, 0.5) is 0 Å². The Bertz CT molecular complexity index is 800.